The molecule has 1 atom stereocenters. The Bertz CT molecular complexity index is 556. The molecule has 0 fully saturated rings. The molecule has 0 saturated carbocycles. The topological polar surface area (TPSA) is 83.5 Å². The van der Waals surface area contributed by atoms with E-state index in [0.717, 1.165) is 3.79 Å². The number of carbonyl (C=O) groups is 1. The Morgan fingerprint density at radius 3 is 2.63 bits per heavy atom. The molecule has 19 heavy (non-hydrogen) atoms. The Labute approximate surface area is 132 Å². The van der Waals surface area contributed by atoms with Crippen LogP contribution in [0.2, 0.25) is 0 Å². The lowest BCUT2D eigenvalue weighted by Crippen LogP contribution is -2.25. The molecule has 1 rings (SSSR count). The summed E-state index contributed by atoms with van der Waals surface area (Å²) in [6.07, 6.45) is 0.919. The van der Waals surface area contributed by atoms with Gasteiger partial charge in [0.05, 0.1) is 13.5 Å². The van der Waals surface area contributed by atoms with Crippen LogP contribution in [0, 0.1) is 5.92 Å². The molecule has 0 radical (unpaired) electrons. The van der Waals surface area contributed by atoms with Crippen LogP contribution in [0.25, 0.3) is 0 Å². The van der Waals surface area contributed by atoms with Gasteiger partial charge in [0.1, 0.15) is 4.90 Å². The van der Waals surface area contributed by atoms with Crippen LogP contribution < -0.4 is 4.72 Å². The molecular formula is C10H13Br2NO4S2. The van der Waals surface area contributed by atoms with Gasteiger partial charge in [0.2, 0.25) is 10.0 Å². The molecule has 0 spiro atoms. The number of sulfonamides is 1. The van der Waals surface area contributed by atoms with Crippen LogP contribution in [0.4, 0.5) is 0 Å². The number of hydrogen-bond acceptors (Lipinski definition) is 4. The Hall–Kier alpha value is 0.0400. The van der Waals surface area contributed by atoms with Gasteiger partial charge in [-0.05, 0) is 50.8 Å². The molecule has 0 aromatic carbocycles. The largest absolute Gasteiger partial charge is 0.481 e. The van der Waals surface area contributed by atoms with E-state index in [2.05, 4.69) is 36.6 Å². The van der Waals surface area contributed by atoms with Crippen LogP contribution in [0.1, 0.15) is 19.8 Å². The maximum atomic E-state index is 12.0. The first-order valence-corrected chi connectivity index (χ1v) is 9.30. The van der Waals surface area contributed by atoms with E-state index < -0.39 is 21.9 Å². The first-order chi connectivity index (χ1) is 8.74. The number of nitrogens with one attached hydrogen (secondary N) is 1. The van der Waals surface area contributed by atoms with Crippen molar-refractivity contribution in [2.24, 2.45) is 5.92 Å². The average Bonchev–Trinajstić information content (AvgIpc) is 2.64. The summed E-state index contributed by atoms with van der Waals surface area (Å²) in [6.45, 7) is 1.82. The molecule has 0 aliphatic rings. The minimum absolute atomic E-state index is 0.190. The fourth-order valence-electron chi connectivity index (χ4n) is 1.32. The van der Waals surface area contributed by atoms with Crippen LogP contribution in [0.3, 0.4) is 0 Å². The molecule has 0 aliphatic carbocycles. The Morgan fingerprint density at radius 1 is 1.53 bits per heavy atom. The molecule has 108 valence electrons. The van der Waals surface area contributed by atoms with Gasteiger partial charge < -0.3 is 5.11 Å². The summed E-state index contributed by atoms with van der Waals surface area (Å²) in [5.41, 5.74) is 0. The summed E-state index contributed by atoms with van der Waals surface area (Å²) in [5.74, 6) is -1.33. The van der Waals surface area contributed by atoms with Crippen molar-refractivity contribution in [2.45, 2.75) is 24.7 Å². The summed E-state index contributed by atoms with van der Waals surface area (Å²) in [5, 5.41) is 8.71. The SMILES string of the molecule is CC(CCCNS(=O)(=O)c1cc(Br)sc1Br)C(=O)O. The monoisotopic (exact) mass is 433 g/mol. The number of carboxylic acids is 1. The van der Waals surface area contributed by atoms with Gasteiger partial charge in [-0.3, -0.25) is 4.79 Å². The molecule has 0 amide bonds. The molecular weight excluding hydrogens is 422 g/mol. The molecule has 9 heteroatoms. The van der Waals surface area contributed by atoms with Crippen LogP contribution in [0.15, 0.2) is 18.5 Å². The van der Waals surface area contributed by atoms with E-state index in [1.807, 2.05) is 0 Å². The second-order valence-electron chi connectivity index (χ2n) is 3.97. The third-order valence-corrected chi connectivity index (χ3v) is 6.66. The van der Waals surface area contributed by atoms with Crippen molar-refractivity contribution >= 4 is 59.2 Å². The number of halogens is 2. The highest BCUT2D eigenvalue weighted by Gasteiger charge is 2.20. The van der Waals surface area contributed by atoms with E-state index in [-0.39, 0.29) is 11.4 Å². The molecule has 1 aromatic heterocycles. The zero-order valence-electron chi connectivity index (χ0n) is 10.0. The molecule has 0 saturated heterocycles. The molecule has 2 N–H and O–H groups in total. The van der Waals surface area contributed by atoms with Gasteiger partial charge in [-0.2, -0.15) is 0 Å². The second kappa shape index (κ2) is 7.16. The smallest absolute Gasteiger partial charge is 0.306 e. The molecule has 0 bridgehead atoms. The molecule has 1 unspecified atom stereocenters. The maximum Gasteiger partial charge on any atom is 0.306 e. The zero-order chi connectivity index (χ0) is 14.6. The number of aliphatic carboxylic acids is 1. The molecule has 1 aromatic rings. The van der Waals surface area contributed by atoms with Crippen LogP contribution >= 0.6 is 43.2 Å². The molecule has 0 aliphatic heterocycles. The third kappa shape index (κ3) is 5.14. The van der Waals surface area contributed by atoms with Crippen LogP contribution in [0.5, 0.6) is 0 Å². The number of hydrogen-bond donors (Lipinski definition) is 2. The highest BCUT2D eigenvalue weighted by Crippen LogP contribution is 2.34. The molecule has 5 nitrogen and oxygen atoms in total. The normalized spacial score (nSPS) is 13.4. The van der Waals surface area contributed by atoms with E-state index in [4.69, 9.17) is 5.11 Å². The van der Waals surface area contributed by atoms with E-state index >= 15 is 0 Å². The van der Waals surface area contributed by atoms with Crippen molar-refractivity contribution in [1.82, 2.24) is 4.72 Å². The Kier molecular flexibility index (Phi) is 6.44. The second-order valence-corrected chi connectivity index (χ2v) is 9.45. The minimum Gasteiger partial charge on any atom is -0.481 e. The predicted octanol–water partition coefficient (Wildman–Crippen LogP) is 3.05. The van der Waals surface area contributed by atoms with Crippen LogP contribution in [-0.4, -0.2) is 26.0 Å². The number of carboxylic acid groups (broad SMARTS) is 1. The summed E-state index contributed by atoms with van der Waals surface area (Å²) in [6, 6.07) is 1.52. The van der Waals surface area contributed by atoms with Crippen molar-refractivity contribution in [1.29, 1.82) is 0 Å². The van der Waals surface area contributed by atoms with Crippen LogP contribution in [-0.2, 0) is 14.8 Å². The first-order valence-electron chi connectivity index (χ1n) is 5.41. The van der Waals surface area contributed by atoms with Crippen molar-refractivity contribution in [2.75, 3.05) is 6.54 Å². The number of thiophene rings is 1. The van der Waals surface area contributed by atoms with E-state index in [9.17, 15) is 13.2 Å². The summed E-state index contributed by atoms with van der Waals surface area (Å²) < 4.78 is 27.7. The highest BCUT2D eigenvalue weighted by atomic mass is 79.9. The summed E-state index contributed by atoms with van der Waals surface area (Å²) in [7, 11) is -3.55. The summed E-state index contributed by atoms with van der Waals surface area (Å²) in [4.78, 5) is 10.8. The van der Waals surface area contributed by atoms with Gasteiger partial charge in [0, 0.05) is 6.54 Å². The van der Waals surface area contributed by atoms with Gasteiger partial charge in [-0.25, -0.2) is 13.1 Å². The fraction of sp³-hybridized carbons (Fsp3) is 0.500. The lowest BCUT2D eigenvalue weighted by atomic mass is 10.1. The maximum absolute atomic E-state index is 12.0. The van der Waals surface area contributed by atoms with E-state index in [1.54, 1.807) is 6.92 Å². The lowest BCUT2D eigenvalue weighted by Gasteiger charge is -2.07. The van der Waals surface area contributed by atoms with E-state index in [0.29, 0.717) is 16.6 Å². The van der Waals surface area contributed by atoms with E-state index in [1.165, 1.54) is 17.4 Å². The van der Waals surface area contributed by atoms with Gasteiger partial charge in [0.15, 0.2) is 0 Å². The fourth-order valence-corrected chi connectivity index (χ4v) is 6.21. The van der Waals surface area contributed by atoms with Gasteiger partial charge >= 0.3 is 5.97 Å². The Balaban J connectivity index is 2.53. The predicted molar refractivity (Wildman–Crippen MR) is 80.9 cm³/mol. The van der Waals surface area contributed by atoms with Crippen molar-refractivity contribution in [3.05, 3.63) is 13.6 Å². The van der Waals surface area contributed by atoms with Gasteiger partial charge in [-0.1, -0.05) is 6.92 Å². The summed E-state index contributed by atoms with van der Waals surface area (Å²) >= 11 is 7.70. The molecule has 1 heterocycles. The Morgan fingerprint density at radius 2 is 2.16 bits per heavy atom. The van der Waals surface area contributed by atoms with Crippen molar-refractivity contribution in [3.8, 4) is 0 Å². The minimum atomic E-state index is -3.55. The van der Waals surface area contributed by atoms with Crippen molar-refractivity contribution in [3.63, 3.8) is 0 Å². The van der Waals surface area contributed by atoms with Crippen molar-refractivity contribution < 1.29 is 18.3 Å². The van der Waals surface area contributed by atoms with Gasteiger partial charge in [-0.15, -0.1) is 11.3 Å². The average molecular weight is 435 g/mol. The number of rotatable bonds is 7. The first kappa shape index (κ1) is 17.1. The van der Waals surface area contributed by atoms with Gasteiger partial charge in [0.25, 0.3) is 0 Å². The zero-order valence-corrected chi connectivity index (χ0v) is 14.8. The highest BCUT2D eigenvalue weighted by molar-refractivity contribution is 9.12. The quantitative estimate of drug-likeness (QED) is 0.646. The lowest BCUT2D eigenvalue weighted by molar-refractivity contribution is -0.141. The standard InChI is InChI=1S/C10H13Br2NO4S2/c1-6(10(14)15)3-2-4-13-19(16,17)7-5-8(11)18-9(7)12/h5-6,13H,2-4H2,1H3,(H,14,15). The third-order valence-electron chi connectivity index (χ3n) is 2.44.